The number of aliphatic hydroxyl groups excluding tert-OH is 2. The first-order valence-corrected chi connectivity index (χ1v) is 9.62. The van der Waals surface area contributed by atoms with Crippen LogP contribution < -0.4 is 0 Å². The summed E-state index contributed by atoms with van der Waals surface area (Å²) in [4.78, 5) is 0. The normalized spacial score (nSPS) is 50.1. The van der Waals surface area contributed by atoms with E-state index < -0.39 is 0 Å². The first-order valence-electron chi connectivity index (χ1n) is 9.62. The molecule has 0 aromatic carbocycles. The second-order valence-electron chi connectivity index (χ2n) is 8.84. The highest BCUT2D eigenvalue weighted by atomic mass is 16.5. The van der Waals surface area contributed by atoms with Crippen molar-refractivity contribution in [2.24, 2.45) is 23.2 Å². The lowest BCUT2D eigenvalue weighted by atomic mass is 9.57. The fourth-order valence-corrected chi connectivity index (χ4v) is 6.57. The van der Waals surface area contributed by atoms with Gasteiger partial charge >= 0.3 is 0 Å². The number of hydrogen-bond acceptors (Lipinski definition) is 3. The van der Waals surface area contributed by atoms with Crippen LogP contribution in [0.2, 0.25) is 0 Å². The first kappa shape index (κ1) is 16.1. The molecule has 0 aromatic heterocycles. The third kappa shape index (κ3) is 2.51. The summed E-state index contributed by atoms with van der Waals surface area (Å²) in [5.41, 5.74) is 3.27. The van der Waals surface area contributed by atoms with Crippen LogP contribution in [0.1, 0.15) is 64.7 Å². The Labute approximate surface area is 140 Å². The van der Waals surface area contributed by atoms with Gasteiger partial charge in [0.15, 0.2) is 0 Å². The van der Waals surface area contributed by atoms with Gasteiger partial charge in [-0.05, 0) is 81.0 Å². The molecule has 0 saturated heterocycles. The summed E-state index contributed by atoms with van der Waals surface area (Å²) in [5.74, 6) is 1.83. The molecule has 3 heteroatoms. The molecular formula is C20H32O3. The molecule has 23 heavy (non-hydrogen) atoms. The number of aliphatic hydroxyl groups is 2. The van der Waals surface area contributed by atoms with Gasteiger partial charge in [-0.15, -0.1) is 0 Å². The molecule has 0 spiro atoms. The van der Waals surface area contributed by atoms with E-state index in [1.807, 2.05) is 7.11 Å². The van der Waals surface area contributed by atoms with E-state index in [-0.39, 0.29) is 17.6 Å². The topological polar surface area (TPSA) is 49.7 Å². The zero-order valence-electron chi connectivity index (χ0n) is 14.6. The lowest BCUT2D eigenvalue weighted by Gasteiger charge is -2.49. The Hall–Kier alpha value is -0.380. The van der Waals surface area contributed by atoms with E-state index >= 15 is 0 Å². The number of ether oxygens (including phenoxy) is 1. The summed E-state index contributed by atoms with van der Waals surface area (Å²) >= 11 is 0. The molecule has 4 aliphatic carbocycles. The van der Waals surface area contributed by atoms with Gasteiger partial charge in [0.2, 0.25) is 0 Å². The third-order valence-corrected chi connectivity index (χ3v) is 7.86. The van der Waals surface area contributed by atoms with E-state index in [1.165, 1.54) is 12.0 Å². The summed E-state index contributed by atoms with van der Waals surface area (Å²) < 4.78 is 5.60. The summed E-state index contributed by atoms with van der Waals surface area (Å²) in [6.07, 6.45) is 9.59. The van der Waals surface area contributed by atoms with Crippen LogP contribution in [0.25, 0.3) is 0 Å². The lowest BCUT2D eigenvalue weighted by molar-refractivity contribution is -0.0375. The Morgan fingerprint density at radius 2 is 1.91 bits per heavy atom. The molecule has 7 atom stereocenters. The molecule has 4 rings (SSSR count). The van der Waals surface area contributed by atoms with Crippen molar-refractivity contribution in [3.05, 3.63) is 11.1 Å². The van der Waals surface area contributed by atoms with Gasteiger partial charge in [0.05, 0.1) is 18.3 Å². The highest BCUT2D eigenvalue weighted by Crippen LogP contribution is 2.60. The van der Waals surface area contributed by atoms with Gasteiger partial charge in [-0.1, -0.05) is 18.1 Å². The van der Waals surface area contributed by atoms with Crippen LogP contribution in [-0.2, 0) is 4.74 Å². The number of fused-ring (bicyclic) bond motifs is 4. The molecule has 0 radical (unpaired) electrons. The maximum Gasteiger partial charge on any atom is 0.0611 e. The zero-order valence-corrected chi connectivity index (χ0v) is 14.6. The Balaban J connectivity index is 1.66. The molecule has 0 bridgehead atoms. The van der Waals surface area contributed by atoms with Gasteiger partial charge < -0.3 is 14.9 Å². The van der Waals surface area contributed by atoms with Gasteiger partial charge in [0.1, 0.15) is 0 Å². The number of allylic oxidation sites excluding steroid dienone is 1. The van der Waals surface area contributed by atoms with E-state index in [2.05, 4.69) is 6.92 Å². The van der Waals surface area contributed by atoms with Crippen LogP contribution >= 0.6 is 0 Å². The predicted octanol–water partition coefficient (Wildman–Crippen LogP) is 3.44. The van der Waals surface area contributed by atoms with E-state index in [0.717, 1.165) is 51.4 Å². The Morgan fingerprint density at radius 1 is 1.09 bits per heavy atom. The van der Waals surface area contributed by atoms with Crippen molar-refractivity contribution >= 4 is 0 Å². The molecule has 0 amide bonds. The predicted molar refractivity (Wildman–Crippen MR) is 90.0 cm³/mol. The molecule has 4 aliphatic rings. The lowest BCUT2D eigenvalue weighted by Crippen LogP contribution is -2.44. The molecular weight excluding hydrogens is 288 g/mol. The summed E-state index contributed by atoms with van der Waals surface area (Å²) in [6.45, 7) is 2.31. The number of methoxy groups -OCH3 is 1. The Kier molecular flexibility index (Phi) is 4.10. The second kappa shape index (κ2) is 5.86. The van der Waals surface area contributed by atoms with Gasteiger partial charge in [-0.3, -0.25) is 0 Å². The van der Waals surface area contributed by atoms with Crippen molar-refractivity contribution in [1.82, 2.24) is 0 Å². The van der Waals surface area contributed by atoms with Crippen molar-refractivity contribution in [3.8, 4) is 0 Å². The van der Waals surface area contributed by atoms with Gasteiger partial charge in [0, 0.05) is 7.11 Å². The molecule has 7 unspecified atom stereocenters. The molecule has 130 valence electrons. The molecule has 2 N–H and O–H groups in total. The second-order valence-corrected chi connectivity index (χ2v) is 8.84. The van der Waals surface area contributed by atoms with Crippen molar-refractivity contribution in [3.63, 3.8) is 0 Å². The summed E-state index contributed by atoms with van der Waals surface area (Å²) in [5, 5.41) is 21.2. The molecule has 2 saturated carbocycles. The highest BCUT2D eigenvalue weighted by Gasteiger charge is 2.55. The largest absolute Gasteiger partial charge is 0.393 e. The van der Waals surface area contributed by atoms with E-state index in [4.69, 9.17) is 4.74 Å². The molecule has 2 fully saturated rings. The average molecular weight is 320 g/mol. The van der Waals surface area contributed by atoms with Crippen LogP contribution in [0.5, 0.6) is 0 Å². The Morgan fingerprint density at radius 3 is 2.70 bits per heavy atom. The minimum Gasteiger partial charge on any atom is -0.393 e. The zero-order chi connectivity index (χ0) is 16.2. The average Bonchev–Trinajstić information content (AvgIpc) is 2.75. The van der Waals surface area contributed by atoms with Crippen molar-refractivity contribution in [2.75, 3.05) is 7.11 Å². The van der Waals surface area contributed by atoms with Crippen LogP contribution in [0, 0.1) is 23.2 Å². The maximum atomic E-state index is 10.7. The standard InChI is InChI=1S/C20H32O3/c1-20-8-7-16-15-4-3-14(23-2)10-12(15)9-13(21)11-17(16)18(20)5-6-19(20)22/h13-14,16-19,21-22H,3-11H2,1-2H3. The quantitative estimate of drug-likeness (QED) is 0.728. The fraction of sp³-hybridized carbons (Fsp3) is 0.900. The molecule has 0 heterocycles. The van der Waals surface area contributed by atoms with Crippen LogP contribution in [0.4, 0.5) is 0 Å². The maximum absolute atomic E-state index is 10.7. The smallest absolute Gasteiger partial charge is 0.0611 e. The van der Waals surface area contributed by atoms with Crippen molar-refractivity contribution < 1.29 is 14.9 Å². The van der Waals surface area contributed by atoms with E-state index in [1.54, 1.807) is 5.57 Å². The monoisotopic (exact) mass is 320 g/mol. The van der Waals surface area contributed by atoms with Gasteiger partial charge in [-0.25, -0.2) is 0 Å². The number of hydrogen-bond donors (Lipinski definition) is 2. The fourth-order valence-electron chi connectivity index (χ4n) is 6.57. The highest BCUT2D eigenvalue weighted by molar-refractivity contribution is 5.26. The van der Waals surface area contributed by atoms with Gasteiger partial charge in [0.25, 0.3) is 0 Å². The molecule has 3 nitrogen and oxygen atoms in total. The summed E-state index contributed by atoms with van der Waals surface area (Å²) in [6, 6.07) is 0. The minimum absolute atomic E-state index is 0.0929. The van der Waals surface area contributed by atoms with E-state index in [0.29, 0.717) is 23.9 Å². The third-order valence-electron chi connectivity index (χ3n) is 7.86. The first-order chi connectivity index (χ1) is 11.0. The van der Waals surface area contributed by atoms with Gasteiger partial charge in [-0.2, -0.15) is 0 Å². The SMILES string of the molecule is COC1CCC2=C(CC(O)CC3C2CCC2(C)C(O)CCC32)C1. The molecule has 0 aliphatic heterocycles. The van der Waals surface area contributed by atoms with Crippen LogP contribution in [-0.4, -0.2) is 35.6 Å². The van der Waals surface area contributed by atoms with E-state index in [9.17, 15) is 10.2 Å². The Bertz CT molecular complexity index is 499. The summed E-state index contributed by atoms with van der Waals surface area (Å²) in [7, 11) is 1.82. The number of rotatable bonds is 1. The van der Waals surface area contributed by atoms with Crippen LogP contribution in [0.3, 0.4) is 0 Å². The minimum atomic E-state index is -0.203. The molecule has 0 aromatic rings. The van der Waals surface area contributed by atoms with Crippen molar-refractivity contribution in [2.45, 2.75) is 83.0 Å². The van der Waals surface area contributed by atoms with Crippen LogP contribution in [0.15, 0.2) is 11.1 Å². The van der Waals surface area contributed by atoms with Crippen molar-refractivity contribution in [1.29, 1.82) is 0 Å².